The highest BCUT2D eigenvalue weighted by Gasteiger charge is 2.34. The van der Waals surface area contributed by atoms with Gasteiger partial charge in [0, 0.05) is 58.1 Å². The summed E-state index contributed by atoms with van der Waals surface area (Å²) < 4.78 is 32.8. The number of H-pyrrole nitrogens is 1. The van der Waals surface area contributed by atoms with Gasteiger partial charge in [0.25, 0.3) is 0 Å². The van der Waals surface area contributed by atoms with E-state index < -0.39 is 5.82 Å². The lowest BCUT2D eigenvalue weighted by molar-refractivity contribution is -0.128. The van der Waals surface area contributed by atoms with Crippen LogP contribution >= 0.6 is 11.6 Å². The fourth-order valence-electron chi connectivity index (χ4n) is 5.56. The first-order valence-corrected chi connectivity index (χ1v) is 13.9. The van der Waals surface area contributed by atoms with E-state index in [1.807, 2.05) is 14.0 Å². The first kappa shape index (κ1) is 28.1. The second-order valence-electron chi connectivity index (χ2n) is 10.5. The third-order valence-electron chi connectivity index (χ3n) is 7.68. The molecule has 14 heteroatoms. The molecule has 220 valence electrons. The standard InChI is InChI=1S/C28H30ClFN8O4/c1-5-22(39)38-9-8-37(12-15(38)2)26-16-6-7-31-27(42-25-17-11-32-35-19(17)10-18(30)23(25)29)24(16)33-28(34-26)41-21-14-36(3)13-20(21)40-4/h5-7,10-11,15,20-21H,1,8-9,12-14H2,2-4H3,(H,32,35)/t15-,20+,21+/m0/s1. The van der Waals surface area contributed by atoms with Crippen LogP contribution in [0.1, 0.15) is 6.92 Å². The number of pyridine rings is 1. The molecule has 1 aromatic carbocycles. The normalized spacial score (nSPS) is 21.3. The average Bonchev–Trinajstić information content (AvgIpc) is 3.60. The van der Waals surface area contributed by atoms with Gasteiger partial charge in [0.1, 0.15) is 34.4 Å². The third-order valence-corrected chi connectivity index (χ3v) is 8.03. The van der Waals surface area contributed by atoms with E-state index >= 15 is 0 Å². The van der Waals surface area contributed by atoms with Crippen LogP contribution in [0.2, 0.25) is 5.02 Å². The quantitative estimate of drug-likeness (QED) is 0.318. The number of aromatic amines is 1. The average molecular weight is 597 g/mol. The number of rotatable bonds is 7. The predicted molar refractivity (Wildman–Crippen MR) is 155 cm³/mol. The summed E-state index contributed by atoms with van der Waals surface area (Å²) in [6.07, 6.45) is 3.92. The van der Waals surface area contributed by atoms with Gasteiger partial charge in [-0.25, -0.2) is 9.37 Å². The number of carbonyl (C=O) groups is 1. The summed E-state index contributed by atoms with van der Waals surface area (Å²) in [6, 6.07) is 3.06. The Hall–Kier alpha value is -4.07. The van der Waals surface area contributed by atoms with E-state index in [1.165, 1.54) is 18.3 Å². The van der Waals surface area contributed by atoms with Crippen LogP contribution in [0.25, 0.3) is 21.8 Å². The van der Waals surface area contributed by atoms with Crippen molar-refractivity contribution in [3.05, 3.63) is 48.0 Å². The highest BCUT2D eigenvalue weighted by Crippen LogP contribution is 2.40. The third kappa shape index (κ3) is 5.08. The van der Waals surface area contributed by atoms with Crippen molar-refractivity contribution in [2.75, 3.05) is 51.8 Å². The molecule has 42 heavy (non-hydrogen) atoms. The molecule has 0 spiro atoms. The zero-order chi connectivity index (χ0) is 29.5. The number of piperazine rings is 1. The maximum atomic E-state index is 14.7. The number of methoxy groups -OCH3 is 1. The van der Waals surface area contributed by atoms with Gasteiger partial charge in [-0.1, -0.05) is 18.2 Å². The van der Waals surface area contributed by atoms with Crippen LogP contribution in [0.5, 0.6) is 17.6 Å². The molecular formula is C28H30ClFN8O4. The van der Waals surface area contributed by atoms with Crippen LogP contribution in [-0.2, 0) is 9.53 Å². The van der Waals surface area contributed by atoms with Crippen LogP contribution in [0.15, 0.2) is 37.2 Å². The van der Waals surface area contributed by atoms with Crippen molar-refractivity contribution in [2.45, 2.75) is 25.2 Å². The largest absolute Gasteiger partial charge is 0.456 e. The number of hydrogen-bond donors (Lipinski definition) is 1. The number of carbonyl (C=O) groups excluding carboxylic acids is 1. The molecule has 4 aromatic rings. The monoisotopic (exact) mass is 596 g/mol. The Morgan fingerprint density at radius 3 is 2.79 bits per heavy atom. The number of hydrogen-bond acceptors (Lipinski definition) is 10. The number of aromatic nitrogens is 5. The summed E-state index contributed by atoms with van der Waals surface area (Å²) in [6.45, 7) is 8.45. The zero-order valence-corrected chi connectivity index (χ0v) is 24.1. The van der Waals surface area contributed by atoms with Crippen LogP contribution in [0, 0.1) is 5.82 Å². The van der Waals surface area contributed by atoms with Crippen LogP contribution < -0.4 is 14.4 Å². The molecule has 2 aliphatic rings. The molecule has 2 saturated heterocycles. The number of ether oxygens (including phenoxy) is 3. The molecule has 1 amide bonds. The van der Waals surface area contributed by atoms with E-state index in [4.69, 9.17) is 35.8 Å². The summed E-state index contributed by atoms with van der Waals surface area (Å²) in [5.74, 6) is -0.0349. The molecule has 2 fully saturated rings. The van der Waals surface area contributed by atoms with Crippen LogP contribution in [0.3, 0.4) is 0 Å². The fraction of sp³-hybridized carbons (Fsp3) is 0.393. The zero-order valence-electron chi connectivity index (χ0n) is 23.4. The number of likely N-dealkylation sites (N-methyl/N-ethyl adjacent to an activating group) is 1. The van der Waals surface area contributed by atoms with Crippen molar-refractivity contribution < 1.29 is 23.4 Å². The second-order valence-corrected chi connectivity index (χ2v) is 10.8. The van der Waals surface area contributed by atoms with Crippen molar-refractivity contribution in [2.24, 2.45) is 0 Å². The van der Waals surface area contributed by atoms with E-state index in [9.17, 15) is 9.18 Å². The van der Waals surface area contributed by atoms with E-state index in [0.29, 0.717) is 60.3 Å². The Morgan fingerprint density at radius 2 is 2.02 bits per heavy atom. The van der Waals surface area contributed by atoms with Gasteiger partial charge in [-0.2, -0.15) is 15.1 Å². The van der Waals surface area contributed by atoms with E-state index in [-0.39, 0.29) is 46.8 Å². The summed E-state index contributed by atoms with van der Waals surface area (Å²) in [7, 11) is 3.64. The van der Waals surface area contributed by atoms with Gasteiger partial charge in [0.2, 0.25) is 11.8 Å². The number of amides is 1. The van der Waals surface area contributed by atoms with Crippen molar-refractivity contribution in [3.63, 3.8) is 0 Å². The molecular weight excluding hydrogens is 567 g/mol. The smallest absolute Gasteiger partial charge is 0.319 e. The highest BCUT2D eigenvalue weighted by molar-refractivity contribution is 6.33. The SMILES string of the molecule is C=CC(=O)N1CCN(c2nc(O[C@@H]3CN(C)C[C@H]3OC)nc3c(Oc4c(Cl)c(F)cc5[nH]ncc45)nccc23)C[C@@H]1C. The minimum Gasteiger partial charge on any atom is -0.456 e. The molecule has 3 atom stereocenters. The van der Waals surface area contributed by atoms with E-state index in [0.717, 1.165) is 0 Å². The summed E-state index contributed by atoms with van der Waals surface area (Å²) in [5.41, 5.74) is 0.774. The van der Waals surface area contributed by atoms with Crippen LogP contribution in [0.4, 0.5) is 10.2 Å². The number of halogens is 2. The molecule has 5 heterocycles. The van der Waals surface area contributed by atoms with Gasteiger partial charge in [-0.15, -0.1) is 0 Å². The first-order valence-electron chi connectivity index (χ1n) is 13.5. The molecule has 0 unspecified atom stereocenters. The topological polar surface area (TPSA) is 122 Å². The molecule has 12 nitrogen and oxygen atoms in total. The fourth-order valence-corrected chi connectivity index (χ4v) is 5.75. The van der Waals surface area contributed by atoms with Gasteiger partial charge in [-0.3, -0.25) is 14.8 Å². The highest BCUT2D eigenvalue weighted by atomic mass is 35.5. The van der Waals surface area contributed by atoms with Crippen molar-refractivity contribution in [1.29, 1.82) is 0 Å². The van der Waals surface area contributed by atoms with Crippen molar-refractivity contribution in [3.8, 4) is 17.6 Å². The maximum Gasteiger partial charge on any atom is 0.319 e. The van der Waals surface area contributed by atoms with Gasteiger partial charge in [-0.05, 0) is 26.1 Å². The lowest BCUT2D eigenvalue weighted by atomic mass is 10.1. The number of fused-ring (bicyclic) bond motifs is 2. The van der Waals surface area contributed by atoms with Crippen molar-refractivity contribution >= 4 is 45.1 Å². The molecule has 0 aliphatic carbocycles. The summed E-state index contributed by atoms with van der Waals surface area (Å²) in [5, 5.41) is 7.65. The minimum atomic E-state index is -0.667. The van der Waals surface area contributed by atoms with Gasteiger partial charge in [0.05, 0.1) is 22.5 Å². The number of benzene rings is 1. The Morgan fingerprint density at radius 1 is 1.21 bits per heavy atom. The Balaban J connectivity index is 1.44. The maximum absolute atomic E-state index is 14.7. The van der Waals surface area contributed by atoms with E-state index in [2.05, 4.69) is 31.6 Å². The first-order chi connectivity index (χ1) is 20.3. The predicted octanol–water partition coefficient (Wildman–Crippen LogP) is 3.42. The molecule has 3 aromatic heterocycles. The molecule has 0 radical (unpaired) electrons. The molecule has 0 saturated carbocycles. The van der Waals surface area contributed by atoms with Crippen LogP contribution in [-0.4, -0.2) is 106 Å². The number of anilines is 1. The Bertz CT molecular complexity index is 1670. The summed E-state index contributed by atoms with van der Waals surface area (Å²) in [4.78, 5) is 32.3. The number of nitrogens with one attached hydrogen (secondary N) is 1. The van der Waals surface area contributed by atoms with E-state index in [1.54, 1.807) is 24.3 Å². The Labute approximate surface area is 246 Å². The lowest BCUT2D eigenvalue weighted by Gasteiger charge is -2.40. The summed E-state index contributed by atoms with van der Waals surface area (Å²) >= 11 is 6.35. The van der Waals surface area contributed by atoms with Gasteiger partial charge < -0.3 is 24.0 Å². The number of nitrogens with zero attached hydrogens (tertiary/aromatic N) is 7. The minimum absolute atomic E-state index is 0.0603. The lowest BCUT2D eigenvalue weighted by Crippen LogP contribution is -2.54. The molecule has 0 bridgehead atoms. The molecule has 1 N–H and O–H groups in total. The van der Waals surface area contributed by atoms with Gasteiger partial charge >= 0.3 is 6.01 Å². The Kier molecular flexibility index (Phi) is 7.56. The van der Waals surface area contributed by atoms with Crippen molar-refractivity contribution in [1.82, 2.24) is 34.9 Å². The molecule has 2 aliphatic heterocycles. The number of likely N-dealkylation sites (tertiary alicyclic amines) is 1. The molecule has 6 rings (SSSR count). The second kappa shape index (κ2) is 11.3. The van der Waals surface area contributed by atoms with Gasteiger partial charge in [0.15, 0.2) is 5.75 Å².